The predicted octanol–water partition coefficient (Wildman–Crippen LogP) is 3.55. The van der Waals surface area contributed by atoms with Crippen molar-refractivity contribution in [2.75, 3.05) is 50.0 Å². The van der Waals surface area contributed by atoms with Crippen LogP contribution in [0.4, 0.5) is 17.5 Å². The van der Waals surface area contributed by atoms with Crippen LogP contribution >= 0.6 is 11.3 Å². The van der Waals surface area contributed by atoms with Crippen molar-refractivity contribution < 1.29 is 4.74 Å². The molecular weight excluding hydrogens is 462 g/mol. The van der Waals surface area contributed by atoms with E-state index in [2.05, 4.69) is 36.9 Å². The summed E-state index contributed by atoms with van der Waals surface area (Å²) < 4.78 is 9.41. The molecule has 35 heavy (non-hydrogen) atoms. The highest BCUT2D eigenvalue weighted by atomic mass is 32.1. The lowest BCUT2D eigenvalue weighted by Gasteiger charge is -2.26. The third-order valence-electron chi connectivity index (χ3n) is 5.93. The summed E-state index contributed by atoms with van der Waals surface area (Å²) in [4.78, 5) is 20.7. The van der Waals surface area contributed by atoms with Gasteiger partial charge >= 0.3 is 0 Å². The number of fused-ring (bicyclic) bond motifs is 1. The zero-order chi connectivity index (χ0) is 23.5. The van der Waals surface area contributed by atoms with Gasteiger partial charge in [-0.2, -0.15) is 21.3 Å². The highest BCUT2D eigenvalue weighted by Crippen LogP contribution is 2.26. The molecular formula is C24H25N9OS. The van der Waals surface area contributed by atoms with Crippen LogP contribution in [-0.2, 0) is 4.74 Å². The highest BCUT2D eigenvalue weighted by molar-refractivity contribution is 7.08. The van der Waals surface area contributed by atoms with Gasteiger partial charge in [0.25, 0.3) is 0 Å². The van der Waals surface area contributed by atoms with Crippen LogP contribution < -0.4 is 10.6 Å². The summed E-state index contributed by atoms with van der Waals surface area (Å²) in [5, 5.41) is 11.0. The van der Waals surface area contributed by atoms with Crippen molar-refractivity contribution >= 4 is 40.0 Å². The maximum Gasteiger partial charge on any atom is 0.231 e. The number of aromatic nitrogens is 6. The second-order valence-corrected chi connectivity index (χ2v) is 8.97. The topological polar surface area (TPSA) is 98.0 Å². The van der Waals surface area contributed by atoms with E-state index >= 15 is 0 Å². The van der Waals surface area contributed by atoms with Gasteiger partial charge in [0.05, 0.1) is 25.2 Å². The van der Waals surface area contributed by atoms with Crippen LogP contribution in [0.25, 0.3) is 22.5 Å². The fraction of sp³-hybridized carbons (Fsp3) is 0.250. The minimum Gasteiger partial charge on any atom is -0.379 e. The maximum absolute atomic E-state index is 5.45. The molecule has 178 valence electrons. The number of morpholine rings is 1. The Bertz CT molecular complexity index is 1370. The van der Waals surface area contributed by atoms with E-state index in [1.165, 1.54) is 0 Å². The first-order chi connectivity index (χ1) is 17.3. The lowest BCUT2D eigenvalue weighted by atomic mass is 10.3. The molecule has 1 saturated heterocycles. The lowest BCUT2D eigenvalue weighted by molar-refractivity contribution is 0.0398. The van der Waals surface area contributed by atoms with Gasteiger partial charge in [-0.25, -0.2) is 9.97 Å². The summed E-state index contributed by atoms with van der Waals surface area (Å²) in [7, 11) is 0. The second kappa shape index (κ2) is 9.82. The van der Waals surface area contributed by atoms with Crippen LogP contribution in [0.3, 0.4) is 0 Å². The molecule has 5 heterocycles. The number of rotatable bonds is 8. The Morgan fingerprint density at radius 3 is 2.66 bits per heavy atom. The largest absolute Gasteiger partial charge is 0.379 e. The molecule has 0 spiro atoms. The number of imidazole rings is 2. The molecule has 0 unspecified atom stereocenters. The average Bonchev–Trinajstić information content (AvgIpc) is 3.67. The predicted molar refractivity (Wildman–Crippen MR) is 137 cm³/mol. The van der Waals surface area contributed by atoms with Gasteiger partial charge in [-0.3, -0.25) is 9.47 Å². The minimum atomic E-state index is 0.513. The van der Waals surface area contributed by atoms with E-state index in [0.717, 1.165) is 73.4 Å². The Kier molecular flexibility index (Phi) is 6.09. The summed E-state index contributed by atoms with van der Waals surface area (Å²) in [6.07, 6.45) is 7.26. The molecule has 1 fully saturated rings. The molecule has 0 saturated carbocycles. The molecule has 0 aliphatic carbocycles. The molecule has 0 radical (unpaired) electrons. The number of nitrogens with one attached hydrogen (secondary N) is 2. The van der Waals surface area contributed by atoms with Crippen LogP contribution in [0.5, 0.6) is 0 Å². The van der Waals surface area contributed by atoms with E-state index < -0.39 is 0 Å². The van der Waals surface area contributed by atoms with E-state index in [4.69, 9.17) is 14.7 Å². The van der Waals surface area contributed by atoms with Gasteiger partial charge < -0.3 is 19.9 Å². The third-order valence-corrected chi connectivity index (χ3v) is 6.60. The monoisotopic (exact) mass is 487 g/mol. The van der Waals surface area contributed by atoms with Gasteiger partial charge in [0, 0.05) is 55.3 Å². The van der Waals surface area contributed by atoms with Crippen molar-refractivity contribution in [1.29, 1.82) is 0 Å². The number of ether oxygens (including phenoxy) is 1. The quantitative estimate of drug-likeness (QED) is 0.343. The van der Waals surface area contributed by atoms with Crippen LogP contribution in [-0.4, -0.2) is 73.4 Å². The molecule has 1 aromatic carbocycles. The van der Waals surface area contributed by atoms with E-state index in [1.807, 2.05) is 45.0 Å². The Hall–Kier alpha value is -3.80. The third kappa shape index (κ3) is 4.74. The van der Waals surface area contributed by atoms with Crippen molar-refractivity contribution in [3.63, 3.8) is 0 Å². The summed E-state index contributed by atoms with van der Waals surface area (Å²) in [6.45, 7) is 5.16. The molecule has 0 amide bonds. The molecule has 2 N–H and O–H groups in total. The first-order valence-corrected chi connectivity index (χ1v) is 12.4. The summed E-state index contributed by atoms with van der Waals surface area (Å²) in [6, 6.07) is 10.1. The Balaban J connectivity index is 1.28. The molecule has 6 rings (SSSR count). The molecule has 0 bridgehead atoms. The van der Waals surface area contributed by atoms with Gasteiger partial charge in [0.15, 0.2) is 17.0 Å². The summed E-state index contributed by atoms with van der Waals surface area (Å²) >= 11 is 1.64. The SMILES string of the molecule is c1cn(-c2ccc(Nc3nc(NCCN4CCOCC4)c4ncn(-c5ccsc5)c4n3)cc2)cn1. The number of hydrogen-bond acceptors (Lipinski definition) is 9. The summed E-state index contributed by atoms with van der Waals surface area (Å²) in [5.41, 5.74) is 4.47. The molecule has 10 nitrogen and oxygen atoms in total. The van der Waals surface area contributed by atoms with Gasteiger partial charge in [0.2, 0.25) is 5.95 Å². The Labute approximate surface area is 206 Å². The standard InChI is InChI=1S/C24H25N9OS/c1-3-19(32-9-6-25-16-32)4-2-18(1)28-24-29-22(26-7-8-31-10-12-34-13-11-31)21-23(30-24)33(17-27-21)20-5-14-35-15-20/h1-6,9,14-17H,7-8,10-13H2,(H2,26,28,29,30). The highest BCUT2D eigenvalue weighted by Gasteiger charge is 2.16. The maximum atomic E-state index is 5.45. The molecule has 5 aromatic rings. The molecule has 11 heteroatoms. The normalized spacial score (nSPS) is 14.4. The molecule has 1 aliphatic heterocycles. The van der Waals surface area contributed by atoms with Crippen molar-refractivity contribution in [1.82, 2.24) is 34.0 Å². The zero-order valence-electron chi connectivity index (χ0n) is 19.0. The fourth-order valence-corrected chi connectivity index (χ4v) is 4.71. The fourth-order valence-electron chi connectivity index (χ4n) is 4.08. The van der Waals surface area contributed by atoms with E-state index in [-0.39, 0.29) is 0 Å². The number of anilines is 3. The Morgan fingerprint density at radius 2 is 1.89 bits per heavy atom. The van der Waals surface area contributed by atoms with Crippen molar-refractivity contribution in [3.05, 3.63) is 66.1 Å². The van der Waals surface area contributed by atoms with Crippen LogP contribution in [0.2, 0.25) is 0 Å². The van der Waals surface area contributed by atoms with Crippen LogP contribution in [0.15, 0.2) is 66.1 Å². The van der Waals surface area contributed by atoms with Crippen LogP contribution in [0, 0.1) is 0 Å². The van der Waals surface area contributed by atoms with Gasteiger partial charge in [-0.15, -0.1) is 0 Å². The molecule has 0 atom stereocenters. The van der Waals surface area contributed by atoms with Crippen molar-refractivity contribution in [2.24, 2.45) is 0 Å². The first-order valence-electron chi connectivity index (χ1n) is 11.5. The van der Waals surface area contributed by atoms with Gasteiger partial charge in [-0.1, -0.05) is 0 Å². The number of nitrogens with zero attached hydrogens (tertiary/aromatic N) is 7. The first kappa shape index (κ1) is 21.7. The number of benzene rings is 1. The zero-order valence-corrected chi connectivity index (χ0v) is 19.9. The second-order valence-electron chi connectivity index (χ2n) is 8.19. The molecule has 4 aromatic heterocycles. The average molecular weight is 488 g/mol. The van der Waals surface area contributed by atoms with E-state index in [0.29, 0.717) is 5.95 Å². The van der Waals surface area contributed by atoms with Gasteiger partial charge in [0.1, 0.15) is 6.33 Å². The van der Waals surface area contributed by atoms with Crippen molar-refractivity contribution in [2.45, 2.75) is 0 Å². The smallest absolute Gasteiger partial charge is 0.231 e. The minimum absolute atomic E-state index is 0.513. The number of hydrogen-bond donors (Lipinski definition) is 2. The van der Waals surface area contributed by atoms with E-state index in [1.54, 1.807) is 30.2 Å². The summed E-state index contributed by atoms with van der Waals surface area (Å²) in [5.74, 6) is 1.23. The lowest BCUT2D eigenvalue weighted by Crippen LogP contribution is -2.39. The van der Waals surface area contributed by atoms with E-state index in [9.17, 15) is 0 Å². The van der Waals surface area contributed by atoms with Crippen LogP contribution in [0.1, 0.15) is 0 Å². The molecule has 1 aliphatic rings. The van der Waals surface area contributed by atoms with Crippen molar-refractivity contribution in [3.8, 4) is 11.4 Å². The Morgan fingerprint density at radius 1 is 1.00 bits per heavy atom. The number of thiophene rings is 1. The van der Waals surface area contributed by atoms with Gasteiger partial charge in [-0.05, 0) is 35.7 Å².